The number of hydrogen-bond donors (Lipinski definition) is 1. The SMILES string of the molecule is Cc1c(CCNC(=O)C2CCOCC2)c2ccccc2n1C. The van der Waals surface area contributed by atoms with Crippen molar-refractivity contribution in [1.29, 1.82) is 0 Å². The second-order valence-electron chi connectivity index (χ2n) is 6.07. The van der Waals surface area contributed by atoms with Gasteiger partial charge in [-0.1, -0.05) is 18.2 Å². The van der Waals surface area contributed by atoms with Gasteiger partial charge in [0.05, 0.1) is 0 Å². The van der Waals surface area contributed by atoms with Crippen LogP contribution in [-0.4, -0.2) is 30.2 Å². The molecule has 0 atom stereocenters. The van der Waals surface area contributed by atoms with Crippen molar-refractivity contribution < 1.29 is 9.53 Å². The fourth-order valence-electron chi connectivity index (χ4n) is 3.33. The van der Waals surface area contributed by atoms with E-state index >= 15 is 0 Å². The van der Waals surface area contributed by atoms with Crippen LogP contribution in [0, 0.1) is 12.8 Å². The standard InChI is InChI=1S/C18H24N2O2/c1-13-15(16-5-3-4-6-17(16)20(13)2)7-10-19-18(21)14-8-11-22-12-9-14/h3-6,14H,7-12H2,1-2H3,(H,19,21). The number of hydrogen-bond acceptors (Lipinski definition) is 2. The van der Waals surface area contributed by atoms with Crippen molar-refractivity contribution in [2.45, 2.75) is 26.2 Å². The Morgan fingerprint density at radius 1 is 1.32 bits per heavy atom. The molecule has 1 fully saturated rings. The van der Waals surface area contributed by atoms with Crippen molar-refractivity contribution in [3.05, 3.63) is 35.5 Å². The van der Waals surface area contributed by atoms with Crippen LogP contribution in [0.2, 0.25) is 0 Å². The van der Waals surface area contributed by atoms with Gasteiger partial charge in [0.25, 0.3) is 0 Å². The quantitative estimate of drug-likeness (QED) is 0.943. The number of carbonyl (C=O) groups is 1. The van der Waals surface area contributed by atoms with Crippen LogP contribution in [0.4, 0.5) is 0 Å². The molecule has 0 bridgehead atoms. The average Bonchev–Trinajstić information content (AvgIpc) is 2.81. The molecule has 1 N–H and O–H groups in total. The van der Waals surface area contributed by atoms with E-state index in [1.807, 2.05) is 0 Å². The lowest BCUT2D eigenvalue weighted by Crippen LogP contribution is -2.35. The first-order valence-electron chi connectivity index (χ1n) is 8.07. The maximum absolute atomic E-state index is 12.2. The van der Waals surface area contributed by atoms with E-state index in [0.717, 1.165) is 19.3 Å². The molecular formula is C18H24N2O2. The van der Waals surface area contributed by atoms with E-state index in [0.29, 0.717) is 19.8 Å². The van der Waals surface area contributed by atoms with Gasteiger partial charge in [0, 0.05) is 49.3 Å². The predicted molar refractivity (Wildman–Crippen MR) is 87.9 cm³/mol. The molecule has 1 aliphatic rings. The molecule has 2 aromatic rings. The van der Waals surface area contributed by atoms with Gasteiger partial charge in [0.15, 0.2) is 0 Å². The van der Waals surface area contributed by atoms with Crippen molar-refractivity contribution in [2.24, 2.45) is 13.0 Å². The number of para-hydroxylation sites is 1. The largest absolute Gasteiger partial charge is 0.381 e. The zero-order valence-electron chi connectivity index (χ0n) is 13.4. The van der Waals surface area contributed by atoms with Gasteiger partial charge >= 0.3 is 0 Å². The van der Waals surface area contributed by atoms with Gasteiger partial charge in [-0.2, -0.15) is 0 Å². The molecule has 1 amide bonds. The molecule has 2 heterocycles. The third kappa shape index (κ3) is 2.88. The number of carbonyl (C=O) groups excluding carboxylic acids is 1. The first kappa shape index (κ1) is 15.1. The molecule has 1 aliphatic heterocycles. The molecule has 0 unspecified atom stereocenters. The summed E-state index contributed by atoms with van der Waals surface area (Å²) in [5, 5.41) is 4.39. The second kappa shape index (κ2) is 6.53. The Labute approximate surface area is 131 Å². The molecule has 3 rings (SSSR count). The first-order chi connectivity index (χ1) is 10.7. The molecule has 0 saturated carbocycles. The van der Waals surface area contributed by atoms with E-state index in [2.05, 4.69) is 48.1 Å². The molecular weight excluding hydrogens is 276 g/mol. The zero-order chi connectivity index (χ0) is 15.5. The summed E-state index contributed by atoms with van der Waals surface area (Å²) < 4.78 is 7.53. The molecule has 118 valence electrons. The smallest absolute Gasteiger partial charge is 0.223 e. The van der Waals surface area contributed by atoms with Crippen molar-refractivity contribution in [3.8, 4) is 0 Å². The minimum absolute atomic E-state index is 0.127. The molecule has 0 spiro atoms. The lowest BCUT2D eigenvalue weighted by atomic mass is 9.99. The number of amides is 1. The molecule has 1 aromatic heterocycles. The summed E-state index contributed by atoms with van der Waals surface area (Å²) in [7, 11) is 2.10. The van der Waals surface area contributed by atoms with Crippen molar-refractivity contribution >= 4 is 16.8 Å². The van der Waals surface area contributed by atoms with Crippen LogP contribution < -0.4 is 5.32 Å². The first-order valence-corrected chi connectivity index (χ1v) is 8.07. The summed E-state index contributed by atoms with van der Waals surface area (Å²) in [6.07, 6.45) is 2.57. The number of fused-ring (bicyclic) bond motifs is 1. The predicted octanol–water partition coefficient (Wildman–Crippen LogP) is 2.57. The van der Waals surface area contributed by atoms with E-state index in [9.17, 15) is 4.79 Å². The Hall–Kier alpha value is -1.81. The fraction of sp³-hybridized carbons (Fsp3) is 0.500. The summed E-state index contributed by atoms with van der Waals surface area (Å²) >= 11 is 0. The highest BCUT2D eigenvalue weighted by Gasteiger charge is 2.21. The summed E-state index contributed by atoms with van der Waals surface area (Å²) in [6, 6.07) is 8.45. The Morgan fingerprint density at radius 3 is 2.82 bits per heavy atom. The maximum atomic E-state index is 12.2. The molecule has 4 heteroatoms. The minimum Gasteiger partial charge on any atom is -0.381 e. The number of benzene rings is 1. The van der Waals surface area contributed by atoms with Gasteiger partial charge in [-0.25, -0.2) is 0 Å². The van der Waals surface area contributed by atoms with Crippen molar-refractivity contribution in [2.75, 3.05) is 19.8 Å². The van der Waals surface area contributed by atoms with Gasteiger partial charge in [-0.15, -0.1) is 0 Å². The fourth-order valence-corrected chi connectivity index (χ4v) is 3.33. The minimum atomic E-state index is 0.127. The van der Waals surface area contributed by atoms with Crippen LogP contribution in [0.1, 0.15) is 24.1 Å². The van der Waals surface area contributed by atoms with Crippen LogP contribution in [0.15, 0.2) is 24.3 Å². The van der Waals surface area contributed by atoms with E-state index in [-0.39, 0.29) is 11.8 Å². The van der Waals surface area contributed by atoms with E-state index in [1.54, 1.807) is 0 Å². The van der Waals surface area contributed by atoms with Gasteiger partial charge in [-0.3, -0.25) is 4.79 Å². The van der Waals surface area contributed by atoms with Crippen LogP contribution in [0.3, 0.4) is 0 Å². The highest BCUT2D eigenvalue weighted by molar-refractivity contribution is 5.85. The highest BCUT2D eigenvalue weighted by atomic mass is 16.5. The Balaban J connectivity index is 1.64. The number of ether oxygens (including phenoxy) is 1. The topological polar surface area (TPSA) is 43.3 Å². The summed E-state index contributed by atoms with van der Waals surface area (Å²) in [5.41, 5.74) is 3.87. The van der Waals surface area contributed by atoms with Gasteiger partial charge in [0.1, 0.15) is 0 Å². The summed E-state index contributed by atoms with van der Waals surface area (Å²) in [4.78, 5) is 12.2. The van der Waals surface area contributed by atoms with Crippen LogP contribution in [0.5, 0.6) is 0 Å². The molecule has 1 aromatic carbocycles. The van der Waals surface area contributed by atoms with Crippen LogP contribution in [0.25, 0.3) is 10.9 Å². The van der Waals surface area contributed by atoms with Gasteiger partial charge < -0.3 is 14.6 Å². The molecule has 4 nitrogen and oxygen atoms in total. The van der Waals surface area contributed by atoms with E-state index in [1.165, 1.54) is 22.2 Å². The van der Waals surface area contributed by atoms with Crippen LogP contribution in [-0.2, 0) is 23.0 Å². The lowest BCUT2D eigenvalue weighted by Gasteiger charge is -2.21. The van der Waals surface area contributed by atoms with Crippen molar-refractivity contribution in [3.63, 3.8) is 0 Å². The van der Waals surface area contributed by atoms with Gasteiger partial charge in [-0.05, 0) is 37.8 Å². The van der Waals surface area contributed by atoms with Crippen molar-refractivity contribution in [1.82, 2.24) is 9.88 Å². The number of nitrogens with zero attached hydrogens (tertiary/aromatic N) is 1. The van der Waals surface area contributed by atoms with Crippen LogP contribution >= 0.6 is 0 Å². The molecule has 22 heavy (non-hydrogen) atoms. The molecule has 0 aliphatic carbocycles. The number of rotatable bonds is 4. The number of aryl methyl sites for hydroxylation is 1. The second-order valence-corrected chi connectivity index (χ2v) is 6.07. The normalized spacial score (nSPS) is 16.1. The van der Waals surface area contributed by atoms with E-state index < -0.39 is 0 Å². The third-order valence-corrected chi connectivity index (χ3v) is 4.80. The third-order valence-electron chi connectivity index (χ3n) is 4.80. The maximum Gasteiger partial charge on any atom is 0.223 e. The van der Waals surface area contributed by atoms with Gasteiger partial charge in [0.2, 0.25) is 5.91 Å². The average molecular weight is 300 g/mol. The summed E-state index contributed by atoms with van der Waals surface area (Å²) in [6.45, 7) is 4.27. The Kier molecular flexibility index (Phi) is 4.48. The molecule has 0 radical (unpaired) electrons. The highest BCUT2D eigenvalue weighted by Crippen LogP contribution is 2.25. The Morgan fingerprint density at radius 2 is 2.05 bits per heavy atom. The number of aromatic nitrogens is 1. The number of nitrogens with one attached hydrogen (secondary N) is 1. The monoisotopic (exact) mass is 300 g/mol. The Bertz CT molecular complexity index is 669. The zero-order valence-corrected chi connectivity index (χ0v) is 13.4. The van der Waals surface area contributed by atoms with E-state index in [4.69, 9.17) is 4.74 Å². The summed E-state index contributed by atoms with van der Waals surface area (Å²) in [5.74, 6) is 0.309. The lowest BCUT2D eigenvalue weighted by molar-refractivity contribution is -0.127. The molecule has 1 saturated heterocycles.